The highest BCUT2D eigenvalue weighted by atomic mass is 16.4. The van der Waals surface area contributed by atoms with Crippen molar-refractivity contribution in [3.05, 3.63) is 111 Å². The zero-order chi connectivity index (χ0) is 24.5. The highest BCUT2D eigenvalue weighted by Crippen LogP contribution is 2.53. The molecular weight excluding hydrogens is 444 g/mol. The van der Waals surface area contributed by atoms with E-state index in [9.17, 15) is 14.4 Å². The predicted molar refractivity (Wildman–Crippen MR) is 130 cm³/mol. The van der Waals surface area contributed by atoms with Crippen LogP contribution < -0.4 is 10.3 Å². The lowest BCUT2D eigenvalue weighted by atomic mass is 9.83. The zero-order valence-corrected chi connectivity index (χ0v) is 19.3. The second kappa shape index (κ2) is 7.30. The summed E-state index contributed by atoms with van der Waals surface area (Å²) < 4.78 is 11.7. The number of carbonyl (C=O) groups excluding carboxylic acids is 2. The summed E-state index contributed by atoms with van der Waals surface area (Å²) in [5.41, 5.74) is 1.35. The van der Waals surface area contributed by atoms with Crippen molar-refractivity contribution < 1.29 is 18.4 Å². The number of furan rings is 1. The first-order valence-electron chi connectivity index (χ1n) is 11.3. The summed E-state index contributed by atoms with van der Waals surface area (Å²) in [4.78, 5) is 45.3. The molecule has 2 aromatic carbocycles. The summed E-state index contributed by atoms with van der Waals surface area (Å²) in [6, 6.07) is 14.2. The van der Waals surface area contributed by atoms with E-state index < -0.39 is 17.4 Å². The van der Waals surface area contributed by atoms with Gasteiger partial charge in [-0.1, -0.05) is 24.3 Å². The number of carbonyl (C=O) groups is 2. The molecule has 0 saturated carbocycles. The monoisotopic (exact) mass is 466 g/mol. The zero-order valence-electron chi connectivity index (χ0n) is 19.3. The van der Waals surface area contributed by atoms with E-state index >= 15 is 0 Å². The van der Waals surface area contributed by atoms with Gasteiger partial charge in [-0.15, -0.1) is 6.58 Å². The molecule has 6 rings (SSSR count). The lowest BCUT2D eigenvalue weighted by molar-refractivity contribution is -0.126. The molecule has 7 nitrogen and oxygen atoms in total. The van der Waals surface area contributed by atoms with Gasteiger partial charge in [-0.05, 0) is 55.3 Å². The van der Waals surface area contributed by atoms with Gasteiger partial charge in [0.15, 0.2) is 11.0 Å². The fourth-order valence-electron chi connectivity index (χ4n) is 5.34. The van der Waals surface area contributed by atoms with Gasteiger partial charge >= 0.3 is 0 Å². The molecule has 4 aromatic rings. The number of anilines is 1. The lowest BCUT2D eigenvalue weighted by Gasteiger charge is -2.33. The number of amides is 2. The standard InChI is InChI=1S/C28H22N2O5/c1-4-11-29-21-10-6-5-9-20(21)28(27(29)33)23-24(31)19-13-16(2)17(3)14-22(19)35-25(23)26(32)30(28)15-18-8-7-12-34-18/h4-10,12-14H,1,11,15H2,2-3H3. The third kappa shape index (κ3) is 2.63. The molecule has 0 radical (unpaired) electrons. The molecule has 2 aliphatic heterocycles. The second-order valence-electron chi connectivity index (χ2n) is 8.97. The molecule has 0 saturated heterocycles. The highest BCUT2D eigenvalue weighted by molar-refractivity contribution is 6.17. The number of para-hydroxylation sites is 1. The molecule has 2 amide bonds. The van der Waals surface area contributed by atoms with Gasteiger partial charge in [0.1, 0.15) is 11.3 Å². The van der Waals surface area contributed by atoms with Gasteiger partial charge in [-0.2, -0.15) is 0 Å². The Hall–Kier alpha value is -4.39. The molecule has 2 aromatic heterocycles. The molecule has 0 aliphatic carbocycles. The molecular formula is C28H22N2O5. The Bertz CT molecular complexity index is 1610. The van der Waals surface area contributed by atoms with E-state index in [1.807, 2.05) is 26.0 Å². The Morgan fingerprint density at radius 2 is 1.80 bits per heavy atom. The van der Waals surface area contributed by atoms with E-state index in [-0.39, 0.29) is 29.8 Å². The van der Waals surface area contributed by atoms with E-state index in [0.717, 1.165) is 11.1 Å². The molecule has 7 heteroatoms. The van der Waals surface area contributed by atoms with Crippen molar-refractivity contribution in [3.8, 4) is 0 Å². The molecule has 0 N–H and O–H groups in total. The van der Waals surface area contributed by atoms with Crippen molar-refractivity contribution in [1.82, 2.24) is 4.90 Å². The van der Waals surface area contributed by atoms with Gasteiger partial charge in [0.25, 0.3) is 11.8 Å². The van der Waals surface area contributed by atoms with Crippen molar-refractivity contribution in [1.29, 1.82) is 0 Å². The summed E-state index contributed by atoms with van der Waals surface area (Å²) >= 11 is 0. The molecule has 4 heterocycles. The van der Waals surface area contributed by atoms with Crippen LogP contribution in [0, 0.1) is 13.8 Å². The number of benzene rings is 2. The third-order valence-corrected chi connectivity index (χ3v) is 7.06. The number of rotatable bonds is 4. The smallest absolute Gasteiger partial charge is 0.291 e. The number of hydrogen-bond donors (Lipinski definition) is 0. The van der Waals surface area contributed by atoms with Crippen LogP contribution in [0.5, 0.6) is 0 Å². The Kier molecular flexibility index (Phi) is 4.42. The van der Waals surface area contributed by atoms with Crippen LogP contribution in [0.15, 0.2) is 81.1 Å². The Morgan fingerprint density at radius 3 is 2.54 bits per heavy atom. The van der Waals surface area contributed by atoms with Crippen molar-refractivity contribution in [2.45, 2.75) is 25.9 Å². The lowest BCUT2D eigenvalue weighted by Crippen LogP contribution is -2.53. The number of fused-ring (bicyclic) bond motifs is 5. The summed E-state index contributed by atoms with van der Waals surface area (Å²) in [6.45, 7) is 7.84. The first-order valence-corrected chi connectivity index (χ1v) is 11.3. The van der Waals surface area contributed by atoms with Crippen LogP contribution >= 0.6 is 0 Å². The largest absolute Gasteiger partial charge is 0.467 e. The molecule has 35 heavy (non-hydrogen) atoms. The SMILES string of the molecule is C=CCN1C(=O)C2(c3ccccc31)c1c(oc3cc(C)c(C)cc3c1=O)C(=O)N2Cc1ccco1. The molecule has 1 spiro atoms. The van der Waals surface area contributed by atoms with Crippen LogP contribution in [0.2, 0.25) is 0 Å². The second-order valence-corrected chi connectivity index (χ2v) is 8.97. The van der Waals surface area contributed by atoms with Gasteiger partial charge in [0, 0.05) is 12.1 Å². The van der Waals surface area contributed by atoms with Crippen molar-refractivity contribution in [2.75, 3.05) is 11.4 Å². The average molecular weight is 466 g/mol. The van der Waals surface area contributed by atoms with Crippen molar-refractivity contribution in [2.24, 2.45) is 0 Å². The van der Waals surface area contributed by atoms with Gasteiger partial charge < -0.3 is 18.6 Å². The normalized spacial score (nSPS) is 18.6. The minimum atomic E-state index is -1.67. The Labute approximate surface area is 200 Å². The summed E-state index contributed by atoms with van der Waals surface area (Å²) in [6.07, 6.45) is 3.13. The third-order valence-electron chi connectivity index (χ3n) is 7.06. The molecule has 174 valence electrons. The minimum absolute atomic E-state index is 0.00806. The van der Waals surface area contributed by atoms with E-state index in [0.29, 0.717) is 28.0 Å². The first kappa shape index (κ1) is 21.2. The topological polar surface area (TPSA) is 84.0 Å². The Balaban J connectivity index is 1.73. The number of nitrogens with zero attached hydrogens (tertiary/aromatic N) is 2. The molecule has 2 aliphatic rings. The van der Waals surface area contributed by atoms with E-state index in [4.69, 9.17) is 8.83 Å². The van der Waals surface area contributed by atoms with Crippen molar-refractivity contribution in [3.63, 3.8) is 0 Å². The molecule has 0 fully saturated rings. The summed E-state index contributed by atoms with van der Waals surface area (Å²) in [7, 11) is 0. The first-order chi connectivity index (χ1) is 16.9. The van der Waals surface area contributed by atoms with Crippen LogP contribution in [-0.4, -0.2) is 23.3 Å². The fourth-order valence-corrected chi connectivity index (χ4v) is 5.34. The fraction of sp³-hybridized carbons (Fsp3) is 0.179. The highest BCUT2D eigenvalue weighted by Gasteiger charge is 2.65. The number of hydrogen-bond acceptors (Lipinski definition) is 5. The van der Waals surface area contributed by atoms with Gasteiger partial charge in [-0.25, -0.2) is 0 Å². The Morgan fingerprint density at radius 1 is 1.03 bits per heavy atom. The summed E-state index contributed by atoms with van der Waals surface area (Å²) in [5, 5.41) is 0.339. The van der Waals surface area contributed by atoms with Crippen LogP contribution in [-0.2, 0) is 16.9 Å². The maximum absolute atomic E-state index is 14.3. The van der Waals surface area contributed by atoms with Gasteiger partial charge in [0.05, 0.1) is 29.4 Å². The average Bonchev–Trinajstić information content (AvgIpc) is 3.51. The number of aryl methyl sites for hydroxylation is 2. The van der Waals surface area contributed by atoms with Crippen LogP contribution in [0.25, 0.3) is 11.0 Å². The van der Waals surface area contributed by atoms with Crippen LogP contribution in [0.4, 0.5) is 5.69 Å². The minimum Gasteiger partial charge on any atom is -0.467 e. The summed E-state index contributed by atoms with van der Waals surface area (Å²) in [5.74, 6) is -0.549. The maximum atomic E-state index is 14.3. The van der Waals surface area contributed by atoms with Crippen molar-refractivity contribution >= 4 is 28.5 Å². The molecule has 0 bridgehead atoms. The quantitative estimate of drug-likeness (QED) is 0.416. The van der Waals surface area contributed by atoms with Crippen LogP contribution in [0.1, 0.15) is 38.6 Å². The molecule has 1 atom stereocenters. The van der Waals surface area contributed by atoms with E-state index in [1.165, 1.54) is 11.2 Å². The van der Waals surface area contributed by atoms with E-state index in [1.54, 1.807) is 47.4 Å². The van der Waals surface area contributed by atoms with Crippen LogP contribution in [0.3, 0.4) is 0 Å². The molecule has 1 unspecified atom stereocenters. The van der Waals surface area contributed by atoms with Gasteiger partial charge in [0.2, 0.25) is 5.76 Å². The van der Waals surface area contributed by atoms with Gasteiger partial charge in [-0.3, -0.25) is 14.4 Å². The van der Waals surface area contributed by atoms with E-state index in [2.05, 4.69) is 6.58 Å². The predicted octanol–water partition coefficient (Wildman–Crippen LogP) is 4.44. The maximum Gasteiger partial charge on any atom is 0.291 e.